The van der Waals surface area contributed by atoms with Crippen molar-refractivity contribution in [3.63, 3.8) is 0 Å². The van der Waals surface area contributed by atoms with Crippen LogP contribution in [-0.4, -0.2) is 19.5 Å². The molecule has 0 unspecified atom stereocenters. The van der Waals surface area contributed by atoms with Gasteiger partial charge in [0.05, 0.1) is 16.1 Å². The highest BCUT2D eigenvalue weighted by Crippen LogP contribution is 2.40. The molecule has 3 rings (SSSR count). The summed E-state index contributed by atoms with van der Waals surface area (Å²) in [6.45, 7) is 1.72. The number of hydrogen-bond donors (Lipinski definition) is 2. The number of benzene rings is 2. The number of nitrogens with one attached hydrogen (secondary N) is 1. The third-order valence-electron chi connectivity index (χ3n) is 3.97. The van der Waals surface area contributed by atoms with Crippen LogP contribution in [0.5, 0.6) is 0 Å². The molecule has 2 aromatic carbocycles. The molecule has 0 heterocycles. The van der Waals surface area contributed by atoms with Crippen molar-refractivity contribution in [3.05, 3.63) is 59.2 Å². The van der Waals surface area contributed by atoms with E-state index in [1.807, 2.05) is 12.1 Å². The predicted molar refractivity (Wildman–Crippen MR) is 87.4 cm³/mol. The fourth-order valence-corrected chi connectivity index (χ4v) is 3.53. The summed E-state index contributed by atoms with van der Waals surface area (Å²) >= 11 is 0. The lowest BCUT2D eigenvalue weighted by Gasteiger charge is -2.12. The zero-order valence-corrected chi connectivity index (χ0v) is 13.4. The Morgan fingerprint density at radius 2 is 1.78 bits per heavy atom. The second-order valence-electron chi connectivity index (χ2n) is 5.78. The maximum atomic E-state index is 12.5. The first-order valence-electron chi connectivity index (χ1n) is 7.33. The van der Waals surface area contributed by atoms with E-state index in [-0.39, 0.29) is 16.1 Å². The molecule has 23 heavy (non-hydrogen) atoms. The molecule has 0 radical (unpaired) electrons. The lowest BCUT2D eigenvalue weighted by molar-refractivity contribution is 0.0697. The van der Waals surface area contributed by atoms with Crippen molar-refractivity contribution in [1.29, 1.82) is 0 Å². The zero-order valence-electron chi connectivity index (χ0n) is 12.6. The van der Waals surface area contributed by atoms with Crippen LogP contribution < -0.4 is 4.72 Å². The Hall–Kier alpha value is -2.34. The number of sulfonamides is 1. The van der Waals surface area contributed by atoms with Gasteiger partial charge in [0.1, 0.15) is 0 Å². The standard InChI is InChI=1S/C17H17NO4S/c1-11-2-3-14(17(19)20)10-16(11)18-23(21,22)15-8-6-13(7-9-15)12-4-5-12/h2-3,6-10,12,18H,4-5H2,1H3,(H,19,20). The molecule has 1 aliphatic carbocycles. The molecule has 1 aliphatic rings. The molecule has 0 amide bonds. The highest BCUT2D eigenvalue weighted by molar-refractivity contribution is 7.92. The number of aryl methyl sites for hydroxylation is 1. The minimum Gasteiger partial charge on any atom is -0.478 e. The van der Waals surface area contributed by atoms with Gasteiger partial charge in [-0.3, -0.25) is 4.72 Å². The van der Waals surface area contributed by atoms with Gasteiger partial charge < -0.3 is 5.11 Å². The summed E-state index contributed by atoms with van der Waals surface area (Å²) in [7, 11) is -3.74. The third-order valence-corrected chi connectivity index (χ3v) is 5.35. The summed E-state index contributed by atoms with van der Waals surface area (Å²) in [5.74, 6) is -0.534. The molecule has 5 nitrogen and oxygen atoms in total. The van der Waals surface area contributed by atoms with Crippen molar-refractivity contribution in [3.8, 4) is 0 Å². The molecule has 0 atom stereocenters. The lowest BCUT2D eigenvalue weighted by atomic mass is 10.1. The van der Waals surface area contributed by atoms with Gasteiger partial charge in [-0.2, -0.15) is 0 Å². The first-order chi connectivity index (χ1) is 10.9. The first kappa shape index (κ1) is 15.6. The van der Waals surface area contributed by atoms with Crippen LogP contribution in [0.15, 0.2) is 47.4 Å². The molecule has 0 saturated heterocycles. The Morgan fingerprint density at radius 3 is 2.35 bits per heavy atom. The third kappa shape index (κ3) is 3.37. The van der Waals surface area contributed by atoms with E-state index in [9.17, 15) is 13.2 Å². The SMILES string of the molecule is Cc1ccc(C(=O)O)cc1NS(=O)(=O)c1ccc(C2CC2)cc1. The van der Waals surface area contributed by atoms with Gasteiger partial charge >= 0.3 is 5.97 Å². The molecule has 1 saturated carbocycles. The van der Waals surface area contributed by atoms with Gasteiger partial charge in [0.25, 0.3) is 10.0 Å². The van der Waals surface area contributed by atoms with E-state index >= 15 is 0 Å². The number of carboxylic acids is 1. The normalized spacial score (nSPS) is 14.5. The average molecular weight is 331 g/mol. The molecule has 120 valence electrons. The van der Waals surface area contributed by atoms with Crippen molar-refractivity contribution in [1.82, 2.24) is 0 Å². The number of aromatic carboxylic acids is 1. The van der Waals surface area contributed by atoms with Gasteiger partial charge in [-0.05, 0) is 61.1 Å². The molecule has 0 aliphatic heterocycles. The van der Waals surface area contributed by atoms with Gasteiger partial charge in [-0.1, -0.05) is 18.2 Å². The van der Waals surface area contributed by atoms with Crippen LogP contribution in [0.4, 0.5) is 5.69 Å². The fraction of sp³-hybridized carbons (Fsp3) is 0.235. The largest absolute Gasteiger partial charge is 0.478 e. The average Bonchev–Trinajstić information content (AvgIpc) is 3.34. The molecular formula is C17H17NO4S. The smallest absolute Gasteiger partial charge is 0.335 e. The van der Waals surface area contributed by atoms with E-state index in [0.717, 1.165) is 18.4 Å². The van der Waals surface area contributed by atoms with Crippen molar-refractivity contribution in [2.24, 2.45) is 0 Å². The van der Waals surface area contributed by atoms with Gasteiger partial charge in [-0.25, -0.2) is 13.2 Å². The molecule has 0 spiro atoms. The van der Waals surface area contributed by atoms with E-state index in [4.69, 9.17) is 5.11 Å². The van der Waals surface area contributed by atoms with Gasteiger partial charge in [-0.15, -0.1) is 0 Å². The van der Waals surface area contributed by atoms with E-state index in [2.05, 4.69) is 4.72 Å². The van der Waals surface area contributed by atoms with Crippen LogP contribution in [0.25, 0.3) is 0 Å². The second kappa shape index (κ2) is 5.70. The highest BCUT2D eigenvalue weighted by atomic mass is 32.2. The predicted octanol–water partition coefficient (Wildman–Crippen LogP) is 3.37. The molecule has 2 aromatic rings. The monoisotopic (exact) mass is 331 g/mol. The summed E-state index contributed by atoms with van der Waals surface area (Å²) in [5.41, 5.74) is 2.13. The number of hydrogen-bond acceptors (Lipinski definition) is 3. The van der Waals surface area contributed by atoms with E-state index in [0.29, 0.717) is 11.5 Å². The summed E-state index contributed by atoms with van der Waals surface area (Å²) in [6.07, 6.45) is 2.32. The Labute approximate surface area is 135 Å². The maximum Gasteiger partial charge on any atom is 0.335 e. The first-order valence-corrected chi connectivity index (χ1v) is 8.82. The molecule has 6 heteroatoms. The van der Waals surface area contributed by atoms with Crippen LogP contribution >= 0.6 is 0 Å². The molecular weight excluding hydrogens is 314 g/mol. The number of carbonyl (C=O) groups is 1. The van der Waals surface area contributed by atoms with Gasteiger partial charge in [0.2, 0.25) is 0 Å². The Kier molecular flexibility index (Phi) is 3.85. The van der Waals surface area contributed by atoms with Crippen LogP contribution in [0, 0.1) is 6.92 Å². The molecule has 0 aromatic heterocycles. The number of anilines is 1. The Bertz CT molecular complexity index is 853. The number of carboxylic acid groups (broad SMARTS) is 1. The zero-order chi connectivity index (χ0) is 16.6. The van der Waals surface area contributed by atoms with E-state index in [1.54, 1.807) is 25.1 Å². The summed E-state index contributed by atoms with van der Waals surface area (Å²) < 4.78 is 27.4. The van der Waals surface area contributed by atoms with Crippen molar-refractivity contribution in [2.45, 2.75) is 30.6 Å². The van der Waals surface area contributed by atoms with Crippen molar-refractivity contribution < 1.29 is 18.3 Å². The second-order valence-corrected chi connectivity index (χ2v) is 7.47. The molecule has 2 N–H and O–H groups in total. The lowest BCUT2D eigenvalue weighted by Crippen LogP contribution is -2.14. The Morgan fingerprint density at radius 1 is 1.13 bits per heavy atom. The fourth-order valence-electron chi connectivity index (χ4n) is 2.40. The molecule has 0 bridgehead atoms. The summed E-state index contributed by atoms with van der Waals surface area (Å²) in [6, 6.07) is 11.2. The molecule has 1 fully saturated rings. The van der Waals surface area contributed by atoms with Gasteiger partial charge in [0.15, 0.2) is 0 Å². The van der Waals surface area contributed by atoms with Gasteiger partial charge in [0, 0.05) is 0 Å². The van der Waals surface area contributed by atoms with E-state index in [1.165, 1.54) is 12.1 Å². The maximum absolute atomic E-state index is 12.5. The summed E-state index contributed by atoms with van der Waals surface area (Å²) in [4.78, 5) is 11.2. The minimum absolute atomic E-state index is 0.0392. The minimum atomic E-state index is -3.74. The van der Waals surface area contributed by atoms with Crippen molar-refractivity contribution >= 4 is 21.7 Å². The Balaban J connectivity index is 1.88. The highest BCUT2D eigenvalue weighted by Gasteiger charge is 2.24. The summed E-state index contributed by atoms with van der Waals surface area (Å²) in [5, 5.41) is 9.03. The number of rotatable bonds is 5. The van der Waals surface area contributed by atoms with Crippen LogP contribution in [0.2, 0.25) is 0 Å². The van der Waals surface area contributed by atoms with Crippen LogP contribution in [-0.2, 0) is 10.0 Å². The van der Waals surface area contributed by atoms with Crippen LogP contribution in [0.3, 0.4) is 0 Å². The quantitative estimate of drug-likeness (QED) is 0.880. The van der Waals surface area contributed by atoms with E-state index < -0.39 is 16.0 Å². The van der Waals surface area contributed by atoms with Crippen molar-refractivity contribution in [2.75, 3.05) is 4.72 Å². The van der Waals surface area contributed by atoms with Crippen LogP contribution in [0.1, 0.15) is 40.2 Å². The topological polar surface area (TPSA) is 83.5 Å².